The van der Waals surface area contributed by atoms with Crippen LogP contribution in [-0.4, -0.2) is 46.7 Å². The molecule has 0 aliphatic carbocycles. The van der Waals surface area contributed by atoms with Crippen molar-refractivity contribution in [3.8, 4) is 5.75 Å². The molecule has 220 valence electrons. The summed E-state index contributed by atoms with van der Waals surface area (Å²) in [6.45, 7) is 5.03. The third-order valence-corrected chi connectivity index (χ3v) is 8.03. The van der Waals surface area contributed by atoms with Crippen LogP contribution in [-0.2, 0) is 17.4 Å². The molecule has 0 saturated carbocycles. The van der Waals surface area contributed by atoms with Crippen LogP contribution in [0, 0.1) is 12.3 Å². The number of ether oxygens (including phenoxy) is 1. The van der Waals surface area contributed by atoms with Gasteiger partial charge in [0.15, 0.2) is 0 Å². The van der Waals surface area contributed by atoms with Crippen molar-refractivity contribution in [3.05, 3.63) is 95.7 Å². The minimum absolute atomic E-state index is 0.0240. The molecule has 1 aromatic heterocycles. The fourth-order valence-corrected chi connectivity index (χ4v) is 5.89. The summed E-state index contributed by atoms with van der Waals surface area (Å²) in [5.74, 6) is -0.689. The van der Waals surface area contributed by atoms with E-state index in [2.05, 4.69) is 15.2 Å². The molecule has 42 heavy (non-hydrogen) atoms. The van der Waals surface area contributed by atoms with Gasteiger partial charge in [0.05, 0.1) is 16.5 Å². The molecule has 2 heterocycles. The Labute approximate surface area is 243 Å². The topological polar surface area (TPSA) is 74.7 Å². The number of halogens is 3. The molecule has 1 aliphatic rings. The number of likely N-dealkylation sites (tertiary alicyclic amines) is 1. The quantitative estimate of drug-likeness (QED) is 0.215. The number of nitrogens with zero attached hydrogens (tertiary/aromatic N) is 2. The molecular weight excluding hydrogens is 543 g/mol. The van der Waals surface area contributed by atoms with Gasteiger partial charge >= 0.3 is 12.1 Å². The number of carboxylic acid groups (broad SMARTS) is 1. The largest absolute Gasteiger partial charge is 0.492 e. The second-order valence-electron chi connectivity index (χ2n) is 11.1. The molecule has 2 unspecified atom stereocenters. The number of fused-ring (bicyclic) bond motifs is 1. The molecular formula is C33H34F3N3O3. The van der Waals surface area contributed by atoms with E-state index in [1.807, 2.05) is 68.4 Å². The number of aryl methyl sites for hydroxylation is 1. The summed E-state index contributed by atoms with van der Waals surface area (Å²) >= 11 is 0. The molecule has 1 saturated heterocycles. The van der Waals surface area contributed by atoms with Crippen LogP contribution >= 0.6 is 0 Å². The molecule has 1 fully saturated rings. The third kappa shape index (κ3) is 6.68. The maximum Gasteiger partial charge on any atom is 0.416 e. The molecule has 9 heteroatoms. The first-order chi connectivity index (χ1) is 20.0. The van der Waals surface area contributed by atoms with Crippen molar-refractivity contribution in [1.29, 1.82) is 0 Å². The number of piperidine rings is 1. The minimum Gasteiger partial charge on any atom is -0.492 e. The van der Waals surface area contributed by atoms with Gasteiger partial charge in [-0.2, -0.15) is 13.2 Å². The Kier molecular flexibility index (Phi) is 8.41. The first-order valence-electron chi connectivity index (χ1n) is 14.0. The Morgan fingerprint density at radius 3 is 2.55 bits per heavy atom. The number of nitrogens with one attached hydrogen (secondary N) is 1. The van der Waals surface area contributed by atoms with Crippen molar-refractivity contribution < 1.29 is 27.8 Å². The van der Waals surface area contributed by atoms with Gasteiger partial charge in [-0.05, 0) is 69.5 Å². The Hall–Kier alpha value is -4.11. The number of benzene rings is 3. The molecule has 2 atom stereocenters. The Bertz CT molecular complexity index is 1560. The fraction of sp³-hybridized carbons (Fsp3) is 0.333. The van der Waals surface area contributed by atoms with Crippen molar-refractivity contribution in [2.75, 3.05) is 25.0 Å². The predicted octanol–water partition coefficient (Wildman–Crippen LogP) is 7.48. The summed E-state index contributed by atoms with van der Waals surface area (Å²) in [7, 11) is 0. The molecule has 5 rings (SSSR count). The number of carbonyl (C=O) groups is 1. The normalized spacial score (nSPS) is 19.5. The van der Waals surface area contributed by atoms with Crippen LogP contribution in [0.3, 0.4) is 0 Å². The van der Waals surface area contributed by atoms with E-state index in [0.29, 0.717) is 38.0 Å². The zero-order valence-electron chi connectivity index (χ0n) is 23.6. The van der Waals surface area contributed by atoms with Crippen molar-refractivity contribution in [1.82, 2.24) is 9.88 Å². The lowest BCUT2D eigenvalue weighted by Crippen LogP contribution is -2.51. The summed E-state index contributed by atoms with van der Waals surface area (Å²) in [5, 5.41) is 14.1. The molecule has 0 spiro atoms. The summed E-state index contributed by atoms with van der Waals surface area (Å²) in [5.41, 5.74) is 1.73. The van der Waals surface area contributed by atoms with Crippen LogP contribution in [0.25, 0.3) is 10.9 Å². The summed E-state index contributed by atoms with van der Waals surface area (Å²) in [6, 6.07) is 22.5. The average Bonchev–Trinajstić information content (AvgIpc) is 2.94. The zero-order chi connectivity index (χ0) is 29.9. The monoisotopic (exact) mass is 577 g/mol. The van der Waals surface area contributed by atoms with Gasteiger partial charge in [-0.15, -0.1) is 0 Å². The van der Waals surface area contributed by atoms with E-state index < -0.39 is 23.1 Å². The number of hydrogen-bond donors (Lipinski definition) is 2. The Morgan fingerprint density at radius 1 is 1.10 bits per heavy atom. The van der Waals surface area contributed by atoms with E-state index >= 15 is 0 Å². The summed E-state index contributed by atoms with van der Waals surface area (Å²) < 4.78 is 47.3. The molecule has 0 bridgehead atoms. The number of aliphatic carboxylic acids is 1. The van der Waals surface area contributed by atoms with Gasteiger partial charge in [0.2, 0.25) is 0 Å². The van der Waals surface area contributed by atoms with Gasteiger partial charge in [0.25, 0.3) is 0 Å². The van der Waals surface area contributed by atoms with Crippen LogP contribution < -0.4 is 10.1 Å². The summed E-state index contributed by atoms with van der Waals surface area (Å²) in [4.78, 5) is 19.0. The standard InChI is InChI=1S/C33H34F3N3O3/c1-22-16-30(28-10-6-7-11-29(28)37-22)38-26-17-25(33(34,35)36)18-27(19-26)42-15-14-39-13-12-32(31(40)41,20-23(39)2)21-24-8-4-3-5-9-24/h3-11,16-19,23H,12-15,20-21H2,1-2H3,(H,37,38)(H,40,41). The average molecular weight is 578 g/mol. The molecule has 0 radical (unpaired) electrons. The minimum atomic E-state index is -4.55. The van der Waals surface area contributed by atoms with E-state index in [9.17, 15) is 23.1 Å². The van der Waals surface area contributed by atoms with Crippen molar-refractivity contribution >= 4 is 28.2 Å². The molecule has 3 aromatic carbocycles. The molecule has 0 amide bonds. The summed E-state index contributed by atoms with van der Waals surface area (Å²) in [6.07, 6.45) is -3.12. The molecule has 1 aliphatic heterocycles. The van der Waals surface area contributed by atoms with E-state index in [-0.39, 0.29) is 24.1 Å². The Balaban J connectivity index is 1.28. The number of aromatic nitrogens is 1. The smallest absolute Gasteiger partial charge is 0.416 e. The first kappa shape index (κ1) is 29.4. The van der Waals surface area contributed by atoms with Gasteiger partial charge in [0.1, 0.15) is 12.4 Å². The van der Waals surface area contributed by atoms with E-state index in [0.717, 1.165) is 34.3 Å². The highest BCUT2D eigenvalue weighted by molar-refractivity contribution is 5.93. The number of alkyl halides is 3. The highest BCUT2D eigenvalue weighted by atomic mass is 19.4. The van der Waals surface area contributed by atoms with Crippen molar-refractivity contribution in [2.24, 2.45) is 5.41 Å². The fourth-order valence-electron chi connectivity index (χ4n) is 5.89. The molecule has 6 nitrogen and oxygen atoms in total. The van der Waals surface area contributed by atoms with Gasteiger partial charge < -0.3 is 15.2 Å². The number of carboxylic acids is 1. The van der Waals surface area contributed by atoms with Gasteiger partial charge in [-0.1, -0.05) is 48.5 Å². The number of rotatable bonds is 9. The van der Waals surface area contributed by atoms with Crippen LogP contribution in [0.4, 0.5) is 24.5 Å². The van der Waals surface area contributed by atoms with Crippen LogP contribution in [0.5, 0.6) is 5.75 Å². The first-order valence-corrected chi connectivity index (χ1v) is 14.0. The second-order valence-corrected chi connectivity index (χ2v) is 11.1. The lowest BCUT2D eigenvalue weighted by molar-refractivity contribution is -0.153. The maximum atomic E-state index is 13.8. The van der Waals surface area contributed by atoms with Gasteiger partial charge in [-0.25, -0.2) is 0 Å². The number of pyridine rings is 1. The Morgan fingerprint density at radius 2 is 1.83 bits per heavy atom. The number of hydrogen-bond acceptors (Lipinski definition) is 5. The number of anilines is 2. The van der Waals surface area contributed by atoms with Crippen LogP contribution in [0.2, 0.25) is 0 Å². The van der Waals surface area contributed by atoms with Gasteiger partial charge in [-0.3, -0.25) is 14.7 Å². The number of para-hydroxylation sites is 1. The van der Waals surface area contributed by atoms with E-state index in [4.69, 9.17) is 4.74 Å². The zero-order valence-corrected chi connectivity index (χ0v) is 23.6. The lowest BCUT2D eigenvalue weighted by Gasteiger charge is -2.43. The van der Waals surface area contributed by atoms with E-state index in [1.54, 1.807) is 12.1 Å². The molecule has 2 N–H and O–H groups in total. The van der Waals surface area contributed by atoms with Gasteiger partial charge in [0, 0.05) is 41.1 Å². The van der Waals surface area contributed by atoms with Crippen molar-refractivity contribution in [3.63, 3.8) is 0 Å². The van der Waals surface area contributed by atoms with E-state index in [1.165, 1.54) is 0 Å². The lowest BCUT2D eigenvalue weighted by atomic mass is 9.71. The predicted molar refractivity (Wildman–Crippen MR) is 157 cm³/mol. The SMILES string of the molecule is Cc1cc(Nc2cc(OCCN3CCC(Cc4ccccc4)(C(=O)O)CC3C)cc(C(F)(F)F)c2)c2ccccc2n1. The highest BCUT2D eigenvalue weighted by Crippen LogP contribution is 2.39. The van der Waals surface area contributed by atoms with Crippen LogP contribution in [0.1, 0.15) is 36.6 Å². The van der Waals surface area contributed by atoms with Crippen LogP contribution in [0.15, 0.2) is 78.9 Å². The second kappa shape index (κ2) is 12.0. The highest BCUT2D eigenvalue weighted by Gasteiger charge is 2.44. The molecule has 4 aromatic rings. The third-order valence-electron chi connectivity index (χ3n) is 8.03. The maximum absolute atomic E-state index is 13.8. The van der Waals surface area contributed by atoms with Crippen molar-refractivity contribution in [2.45, 2.75) is 45.3 Å².